The number of rotatable bonds is 4. The van der Waals surface area contributed by atoms with Crippen LogP contribution in [0.5, 0.6) is 0 Å². The van der Waals surface area contributed by atoms with Gasteiger partial charge in [0.05, 0.1) is 6.54 Å². The maximum absolute atomic E-state index is 12.4. The Labute approximate surface area is 148 Å². The first-order chi connectivity index (χ1) is 12.3. The number of hydrogen-bond donors (Lipinski definition) is 1. The van der Waals surface area contributed by atoms with Crippen LogP contribution >= 0.6 is 0 Å². The number of benzene rings is 2. The number of aliphatic hydroxyl groups excluding tert-OH is 1. The Morgan fingerprint density at radius 1 is 1.12 bits per heavy atom. The summed E-state index contributed by atoms with van der Waals surface area (Å²) in [5.74, 6) is -0.174. The quantitative estimate of drug-likeness (QED) is 0.897. The fourth-order valence-electron chi connectivity index (χ4n) is 3.14. The summed E-state index contributed by atoms with van der Waals surface area (Å²) < 4.78 is 42.4. The summed E-state index contributed by atoms with van der Waals surface area (Å²) >= 11 is 0. The van der Waals surface area contributed by atoms with E-state index in [0.717, 1.165) is 34.2 Å². The van der Waals surface area contributed by atoms with Gasteiger partial charge < -0.3 is 14.7 Å². The molecule has 26 heavy (non-hydrogen) atoms. The third kappa shape index (κ3) is 3.53. The molecule has 2 aromatic carbocycles. The van der Waals surface area contributed by atoms with E-state index in [-0.39, 0.29) is 12.5 Å². The Kier molecular flexibility index (Phi) is 4.91. The minimum Gasteiger partial charge on any atom is -0.448 e. The maximum atomic E-state index is 12.4. The first-order valence-electron chi connectivity index (χ1n) is 8.10. The molecule has 138 valence electrons. The average Bonchev–Trinajstić information content (AvgIpc) is 2.93. The van der Waals surface area contributed by atoms with Gasteiger partial charge in [0.2, 0.25) is 0 Å². The Morgan fingerprint density at radius 3 is 2.12 bits per heavy atom. The number of nitrogens with zero attached hydrogens (tertiary/aromatic N) is 1. The van der Waals surface area contributed by atoms with Crippen molar-refractivity contribution in [3.05, 3.63) is 59.7 Å². The van der Waals surface area contributed by atoms with Gasteiger partial charge in [0.15, 0.2) is 6.10 Å². The summed E-state index contributed by atoms with van der Waals surface area (Å²) in [5, 5.41) is 9.07. The number of carbonyl (C=O) groups is 1. The maximum Gasteiger partial charge on any atom is 0.416 e. The van der Waals surface area contributed by atoms with Gasteiger partial charge in [0, 0.05) is 13.0 Å². The highest BCUT2D eigenvalue weighted by atomic mass is 19.4. The predicted molar refractivity (Wildman–Crippen MR) is 89.8 cm³/mol. The second-order valence-corrected chi connectivity index (χ2v) is 6.24. The average molecular weight is 365 g/mol. The third-order valence-electron chi connectivity index (χ3n) is 4.47. The van der Waals surface area contributed by atoms with Gasteiger partial charge in [-0.2, -0.15) is 13.2 Å². The van der Waals surface area contributed by atoms with Gasteiger partial charge in [-0.1, -0.05) is 48.5 Å². The zero-order valence-corrected chi connectivity index (χ0v) is 14.0. The van der Waals surface area contributed by atoms with Gasteiger partial charge in [-0.25, -0.2) is 4.79 Å². The smallest absolute Gasteiger partial charge is 0.416 e. The topological polar surface area (TPSA) is 49.8 Å². The van der Waals surface area contributed by atoms with Crippen molar-refractivity contribution >= 4 is 6.09 Å². The largest absolute Gasteiger partial charge is 0.448 e. The van der Waals surface area contributed by atoms with Crippen molar-refractivity contribution in [2.75, 3.05) is 20.2 Å². The lowest BCUT2D eigenvalue weighted by molar-refractivity contribution is -0.206. The first-order valence-corrected chi connectivity index (χ1v) is 8.10. The SMILES string of the molecule is CN(C[C@H](O)C(F)(F)F)C(=O)OCC1c2ccccc2-c2ccccc21. The van der Waals surface area contributed by atoms with Gasteiger partial charge >= 0.3 is 12.3 Å². The number of carbonyl (C=O) groups excluding carboxylic acids is 1. The van der Waals surface area contributed by atoms with Crippen LogP contribution in [0.1, 0.15) is 17.0 Å². The molecule has 4 nitrogen and oxygen atoms in total. The number of fused-ring (bicyclic) bond motifs is 3. The molecule has 0 bridgehead atoms. The highest BCUT2D eigenvalue weighted by Crippen LogP contribution is 2.44. The van der Waals surface area contributed by atoms with Crippen molar-refractivity contribution in [3.8, 4) is 11.1 Å². The summed E-state index contributed by atoms with van der Waals surface area (Å²) in [6, 6.07) is 15.5. The van der Waals surface area contributed by atoms with Gasteiger partial charge in [-0.3, -0.25) is 0 Å². The van der Waals surface area contributed by atoms with Crippen LogP contribution in [-0.2, 0) is 4.74 Å². The molecule has 0 saturated heterocycles. The third-order valence-corrected chi connectivity index (χ3v) is 4.47. The summed E-state index contributed by atoms with van der Waals surface area (Å²) in [6.07, 6.45) is -8.29. The predicted octanol–water partition coefficient (Wildman–Crippen LogP) is 3.79. The molecule has 0 radical (unpaired) electrons. The zero-order valence-electron chi connectivity index (χ0n) is 14.0. The molecule has 1 N–H and O–H groups in total. The minimum absolute atomic E-state index is 0.0132. The summed E-state index contributed by atoms with van der Waals surface area (Å²) in [5.41, 5.74) is 4.15. The molecule has 1 aliphatic carbocycles. The van der Waals surface area contributed by atoms with E-state index >= 15 is 0 Å². The highest BCUT2D eigenvalue weighted by molar-refractivity contribution is 5.79. The fourth-order valence-corrected chi connectivity index (χ4v) is 3.14. The van der Waals surface area contributed by atoms with Crippen molar-refractivity contribution in [1.82, 2.24) is 4.90 Å². The zero-order chi connectivity index (χ0) is 18.9. The van der Waals surface area contributed by atoms with Gasteiger partial charge in [-0.15, -0.1) is 0 Å². The summed E-state index contributed by atoms with van der Waals surface area (Å²) in [7, 11) is 1.16. The van der Waals surface area contributed by atoms with Crippen LogP contribution in [0.2, 0.25) is 0 Å². The molecule has 2 aromatic rings. The lowest BCUT2D eigenvalue weighted by atomic mass is 9.98. The van der Waals surface area contributed by atoms with E-state index < -0.39 is 24.9 Å². The first kappa shape index (κ1) is 18.3. The lowest BCUT2D eigenvalue weighted by Crippen LogP contribution is -2.42. The molecule has 7 heteroatoms. The second kappa shape index (κ2) is 6.99. The number of aliphatic hydroxyl groups is 1. The number of alkyl halides is 3. The normalized spacial score (nSPS) is 14.5. The summed E-state index contributed by atoms with van der Waals surface area (Å²) in [4.78, 5) is 12.7. The van der Waals surface area contributed by atoms with Crippen LogP contribution < -0.4 is 0 Å². The molecule has 1 amide bonds. The highest BCUT2D eigenvalue weighted by Gasteiger charge is 2.39. The van der Waals surface area contributed by atoms with Crippen molar-refractivity contribution < 1.29 is 27.8 Å². The Hall–Kier alpha value is -2.54. The molecular weight excluding hydrogens is 347 g/mol. The number of halogens is 3. The van der Waals surface area contributed by atoms with Gasteiger partial charge in [0.25, 0.3) is 0 Å². The molecule has 0 fully saturated rings. The fraction of sp³-hybridized carbons (Fsp3) is 0.316. The van der Waals surface area contributed by atoms with Gasteiger partial charge in [0.1, 0.15) is 6.61 Å². The van der Waals surface area contributed by atoms with E-state index in [0.29, 0.717) is 0 Å². The number of hydrogen-bond acceptors (Lipinski definition) is 3. The van der Waals surface area contributed by atoms with Crippen LogP contribution in [0, 0.1) is 0 Å². The molecule has 0 heterocycles. The van der Waals surface area contributed by atoms with E-state index in [4.69, 9.17) is 9.84 Å². The number of amides is 1. The second-order valence-electron chi connectivity index (χ2n) is 6.24. The Morgan fingerprint density at radius 2 is 1.62 bits per heavy atom. The van der Waals surface area contributed by atoms with Crippen molar-refractivity contribution in [2.45, 2.75) is 18.2 Å². The van der Waals surface area contributed by atoms with Crippen molar-refractivity contribution in [2.24, 2.45) is 0 Å². The number of likely N-dealkylation sites (N-methyl/N-ethyl adjacent to an activating group) is 1. The van der Waals surface area contributed by atoms with Crippen LogP contribution in [-0.4, -0.2) is 48.6 Å². The molecule has 0 spiro atoms. The van der Waals surface area contributed by atoms with E-state index in [2.05, 4.69) is 0 Å². The van der Waals surface area contributed by atoms with Crippen LogP contribution in [0.4, 0.5) is 18.0 Å². The lowest BCUT2D eigenvalue weighted by Gasteiger charge is -2.23. The molecule has 0 aliphatic heterocycles. The Balaban J connectivity index is 1.69. The molecule has 1 atom stereocenters. The monoisotopic (exact) mass is 365 g/mol. The molecule has 1 aliphatic rings. The summed E-state index contributed by atoms with van der Waals surface area (Å²) in [6.45, 7) is -0.862. The molecule has 0 aromatic heterocycles. The van der Waals surface area contributed by atoms with Crippen molar-refractivity contribution in [3.63, 3.8) is 0 Å². The minimum atomic E-state index is -4.78. The van der Waals surface area contributed by atoms with E-state index in [1.54, 1.807) is 0 Å². The van der Waals surface area contributed by atoms with Crippen LogP contribution in [0.15, 0.2) is 48.5 Å². The molecule has 3 rings (SSSR count). The van der Waals surface area contributed by atoms with E-state index in [1.807, 2.05) is 48.5 Å². The number of ether oxygens (including phenoxy) is 1. The van der Waals surface area contributed by atoms with E-state index in [1.165, 1.54) is 0 Å². The Bertz CT molecular complexity index is 761. The van der Waals surface area contributed by atoms with Crippen molar-refractivity contribution in [1.29, 1.82) is 0 Å². The molecular formula is C19H18F3NO3. The molecule has 0 saturated carbocycles. The standard InChI is InChI=1S/C19H18F3NO3/c1-23(10-17(24)19(20,21)22)18(25)26-11-16-14-8-4-2-6-12(14)13-7-3-5-9-15(13)16/h2-9,16-17,24H,10-11H2,1H3/t17-/m0/s1. The van der Waals surface area contributed by atoms with Crippen LogP contribution in [0.25, 0.3) is 11.1 Å². The van der Waals surface area contributed by atoms with Gasteiger partial charge in [-0.05, 0) is 22.3 Å². The van der Waals surface area contributed by atoms with E-state index in [9.17, 15) is 18.0 Å². The van der Waals surface area contributed by atoms with Crippen LogP contribution in [0.3, 0.4) is 0 Å². The molecule has 0 unspecified atom stereocenters.